The molecule has 0 nitrogen and oxygen atoms in total. The smallest absolute Gasteiger partial charge is 0.358 e. The minimum atomic E-state index is 0. The van der Waals surface area contributed by atoms with E-state index in [4.69, 9.17) is 0 Å². The van der Waals surface area contributed by atoms with Crippen molar-refractivity contribution in [3.05, 3.63) is 14.9 Å². The predicted octanol–water partition coefficient (Wildman–Crippen LogP) is 3.48. The van der Waals surface area contributed by atoms with Gasteiger partial charge in [0.05, 0.1) is 0 Å². The molecule has 0 rings (SSSR count). The van der Waals surface area contributed by atoms with Gasteiger partial charge in [0.15, 0.2) is 0 Å². The monoisotopic (exact) mass is 230 g/mol. The third kappa shape index (κ3) is 27.8. The second kappa shape index (κ2) is 23.1. The summed E-state index contributed by atoms with van der Waals surface area (Å²) in [6, 6.07) is 0. The van der Waals surface area contributed by atoms with Crippen LogP contribution in [0.25, 0.3) is 0 Å². The maximum Gasteiger partial charge on any atom is 2.00 e. The topological polar surface area (TPSA) is 0 Å². The summed E-state index contributed by atoms with van der Waals surface area (Å²) < 4.78 is 0. The molecule has 0 aromatic rings. The van der Waals surface area contributed by atoms with Gasteiger partial charge in [0.25, 0.3) is 0 Å². The SMILES string of the molecule is CCCCCC.[CH3-].[CH3-].[Cd+2]. The van der Waals surface area contributed by atoms with Crippen LogP contribution >= 0.6 is 0 Å². The average molecular weight is 229 g/mol. The van der Waals surface area contributed by atoms with E-state index >= 15 is 0 Å². The minimum Gasteiger partial charge on any atom is -0.358 e. The number of hydrogen-bond acceptors (Lipinski definition) is 0. The van der Waals surface area contributed by atoms with Crippen LogP contribution in [-0.4, -0.2) is 0 Å². The predicted molar refractivity (Wildman–Crippen MR) is 42.6 cm³/mol. The molecule has 9 heavy (non-hydrogen) atoms. The molecule has 0 aromatic heterocycles. The summed E-state index contributed by atoms with van der Waals surface area (Å²) in [5.74, 6) is 0. The van der Waals surface area contributed by atoms with Crippen molar-refractivity contribution >= 4 is 0 Å². The van der Waals surface area contributed by atoms with Gasteiger partial charge in [0.2, 0.25) is 0 Å². The first-order valence-corrected chi connectivity index (χ1v) is 2.91. The molecular formula is C8H20Cd. The number of rotatable bonds is 3. The summed E-state index contributed by atoms with van der Waals surface area (Å²) in [4.78, 5) is 0. The molecule has 0 aliphatic carbocycles. The van der Waals surface area contributed by atoms with E-state index < -0.39 is 0 Å². The van der Waals surface area contributed by atoms with Crippen molar-refractivity contribution in [1.82, 2.24) is 0 Å². The molecule has 0 aromatic carbocycles. The van der Waals surface area contributed by atoms with E-state index in [0.29, 0.717) is 0 Å². The van der Waals surface area contributed by atoms with Gasteiger partial charge in [0.1, 0.15) is 0 Å². The van der Waals surface area contributed by atoms with E-state index in [2.05, 4.69) is 13.8 Å². The van der Waals surface area contributed by atoms with E-state index in [1.807, 2.05) is 0 Å². The van der Waals surface area contributed by atoms with Crippen molar-refractivity contribution in [2.75, 3.05) is 0 Å². The van der Waals surface area contributed by atoms with E-state index in [1.54, 1.807) is 0 Å². The zero-order valence-electron chi connectivity index (χ0n) is 7.54. The van der Waals surface area contributed by atoms with Crippen molar-refractivity contribution in [1.29, 1.82) is 0 Å². The summed E-state index contributed by atoms with van der Waals surface area (Å²) in [6.45, 7) is 4.46. The normalized spacial score (nSPS) is 6.00. The van der Waals surface area contributed by atoms with Crippen molar-refractivity contribution in [2.45, 2.75) is 39.5 Å². The summed E-state index contributed by atoms with van der Waals surface area (Å²) in [5, 5.41) is 0. The van der Waals surface area contributed by atoms with Crippen LogP contribution in [-0.2, 0) is 27.3 Å². The van der Waals surface area contributed by atoms with Gasteiger partial charge >= 0.3 is 27.3 Å². The maximum atomic E-state index is 2.23. The molecule has 0 radical (unpaired) electrons. The van der Waals surface area contributed by atoms with Gasteiger partial charge in [0, 0.05) is 0 Å². The fourth-order valence-electron chi connectivity index (χ4n) is 0.500. The van der Waals surface area contributed by atoms with E-state index in [-0.39, 0.29) is 42.2 Å². The van der Waals surface area contributed by atoms with Crippen LogP contribution in [0, 0.1) is 14.9 Å². The molecule has 0 saturated carbocycles. The van der Waals surface area contributed by atoms with Crippen LogP contribution < -0.4 is 0 Å². The molecule has 0 amide bonds. The van der Waals surface area contributed by atoms with Gasteiger partial charge in [-0.1, -0.05) is 39.5 Å². The average Bonchev–Trinajstić information content (AvgIpc) is 1.61. The van der Waals surface area contributed by atoms with Crippen LogP contribution in [0.5, 0.6) is 0 Å². The van der Waals surface area contributed by atoms with Gasteiger partial charge in [-0.15, -0.1) is 0 Å². The summed E-state index contributed by atoms with van der Waals surface area (Å²) in [6.07, 6.45) is 5.54. The van der Waals surface area contributed by atoms with Gasteiger partial charge in [-0.3, -0.25) is 0 Å². The van der Waals surface area contributed by atoms with Crippen LogP contribution in [0.1, 0.15) is 39.5 Å². The van der Waals surface area contributed by atoms with Crippen molar-refractivity contribution in [2.24, 2.45) is 0 Å². The third-order valence-corrected chi connectivity index (χ3v) is 0.957. The molecule has 54 valence electrons. The van der Waals surface area contributed by atoms with Crippen molar-refractivity contribution in [3.8, 4) is 0 Å². The van der Waals surface area contributed by atoms with Crippen LogP contribution in [0.2, 0.25) is 0 Å². The zero-order valence-corrected chi connectivity index (χ0v) is 11.6. The standard InChI is InChI=1S/C6H14.2CH3.Cd/c1-3-5-6-4-2;;;/h3-6H2,1-2H3;2*1H3;/q;2*-1;+2. The molecule has 1 heteroatoms. The zero-order chi connectivity index (χ0) is 4.83. The Labute approximate surface area is 81.6 Å². The fourth-order valence-corrected chi connectivity index (χ4v) is 0.500. The Balaban J connectivity index is -0.0000000417. The first-order chi connectivity index (χ1) is 2.91. The first-order valence-electron chi connectivity index (χ1n) is 2.91. The molecule has 0 saturated heterocycles. The molecule has 0 spiro atoms. The molecule has 0 heterocycles. The van der Waals surface area contributed by atoms with Crippen molar-refractivity contribution < 1.29 is 27.3 Å². The van der Waals surface area contributed by atoms with E-state index in [1.165, 1.54) is 25.7 Å². The van der Waals surface area contributed by atoms with Crippen LogP contribution in [0.15, 0.2) is 0 Å². The maximum absolute atomic E-state index is 2.23. The molecule has 0 atom stereocenters. The summed E-state index contributed by atoms with van der Waals surface area (Å²) >= 11 is 0. The van der Waals surface area contributed by atoms with E-state index in [0.717, 1.165) is 0 Å². The van der Waals surface area contributed by atoms with Gasteiger partial charge < -0.3 is 14.9 Å². The molecule has 0 aliphatic heterocycles. The molecule has 0 N–H and O–H groups in total. The van der Waals surface area contributed by atoms with Gasteiger partial charge in [-0.2, -0.15) is 0 Å². The third-order valence-electron chi connectivity index (χ3n) is 0.957. The molecule has 0 aliphatic rings. The Bertz CT molecular complexity index is 16.5. The van der Waals surface area contributed by atoms with Crippen LogP contribution in [0.3, 0.4) is 0 Å². The Morgan fingerprint density at radius 3 is 1.11 bits per heavy atom. The van der Waals surface area contributed by atoms with Crippen molar-refractivity contribution in [3.63, 3.8) is 0 Å². The second-order valence-electron chi connectivity index (χ2n) is 1.71. The molecule has 0 fully saturated rings. The summed E-state index contributed by atoms with van der Waals surface area (Å²) in [5.41, 5.74) is 0. The van der Waals surface area contributed by atoms with E-state index in [9.17, 15) is 0 Å². The Morgan fingerprint density at radius 1 is 0.778 bits per heavy atom. The number of unbranched alkanes of at least 4 members (excludes halogenated alkanes) is 3. The second-order valence-corrected chi connectivity index (χ2v) is 1.71. The summed E-state index contributed by atoms with van der Waals surface area (Å²) in [7, 11) is 0. The Kier molecular flexibility index (Phi) is 57.8. The first kappa shape index (κ1) is 22.5. The fraction of sp³-hybridized carbons (Fsp3) is 0.750. The molecular weight excluding hydrogens is 208 g/mol. The minimum absolute atomic E-state index is 0. The molecule has 0 bridgehead atoms. The largest absolute Gasteiger partial charge is 2.00 e. The number of hydrogen-bond donors (Lipinski definition) is 0. The van der Waals surface area contributed by atoms with Gasteiger partial charge in [-0.05, 0) is 0 Å². The van der Waals surface area contributed by atoms with Gasteiger partial charge in [-0.25, -0.2) is 0 Å². The van der Waals surface area contributed by atoms with Crippen LogP contribution in [0.4, 0.5) is 0 Å². The molecule has 0 unspecified atom stereocenters. The quantitative estimate of drug-likeness (QED) is 0.394. The Morgan fingerprint density at radius 2 is 1.00 bits per heavy atom. The Hall–Kier alpha value is 0.922.